The number of nitriles is 1. The summed E-state index contributed by atoms with van der Waals surface area (Å²) in [5, 5.41) is 8.72. The van der Waals surface area contributed by atoms with Gasteiger partial charge in [0.25, 0.3) is 0 Å². The minimum atomic E-state index is -3.76. The van der Waals surface area contributed by atoms with E-state index >= 15 is 0 Å². The number of hydrogen-bond acceptors (Lipinski definition) is 4. The van der Waals surface area contributed by atoms with E-state index in [9.17, 15) is 13.2 Å². The quantitative estimate of drug-likeness (QED) is 0.880. The maximum atomic E-state index is 12.5. The fraction of sp³-hybridized carbons (Fsp3) is 0.385. The largest absolute Gasteiger partial charge is 0.368 e. The predicted molar refractivity (Wildman–Crippen MR) is 71.9 cm³/mol. The predicted octanol–water partition coefficient (Wildman–Crippen LogP) is 0.587. The molecule has 6 nitrogen and oxygen atoms in total. The van der Waals surface area contributed by atoms with Gasteiger partial charge in [0, 0.05) is 6.54 Å². The highest BCUT2D eigenvalue weighted by atomic mass is 32.2. The van der Waals surface area contributed by atoms with E-state index in [0.717, 1.165) is 6.42 Å². The molecule has 1 aromatic carbocycles. The molecule has 1 aliphatic rings. The molecule has 1 fully saturated rings. The van der Waals surface area contributed by atoms with Crippen molar-refractivity contribution in [2.75, 3.05) is 6.54 Å². The van der Waals surface area contributed by atoms with Gasteiger partial charge < -0.3 is 5.73 Å². The summed E-state index contributed by atoms with van der Waals surface area (Å²) in [6, 6.07) is 6.77. The molecule has 1 amide bonds. The maximum absolute atomic E-state index is 12.5. The summed E-state index contributed by atoms with van der Waals surface area (Å²) in [6.07, 6.45) is 1.94. The van der Waals surface area contributed by atoms with Crippen molar-refractivity contribution in [3.05, 3.63) is 29.8 Å². The summed E-state index contributed by atoms with van der Waals surface area (Å²) < 4.78 is 26.2. The SMILES string of the molecule is N#Cc1ccc(S(=O)(=O)N2CCCCC2C(N)=O)cc1. The molecule has 2 rings (SSSR count). The zero-order valence-corrected chi connectivity index (χ0v) is 11.6. The van der Waals surface area contributed by atoms with Crippen LogP contribution in [0.4, 0.5) is 0 Å². The first-order valence-corrected chi connectivity index (χ1v) is 7.72. The average molecular weight is 293 g/mol. The number of carbonyl (C=O) groups is 1. The zero-order chi connectivity index (χ0) is 14.8. The van der Waals surface area contributed by atoms with Crippen molar-refractivity contribution in [2.45, 2.75) is 30.2 Å². The molecule has 0 saturated carbocycles. The molecule has 7 heteroatoms. The highest BCUT2D eigenvalue weighted by molar-refractivity contribution is 7.89. The number of amides is 1. The topological polar surface area (TPSA) is 104 Å². The number of carbonyl (C=O) groups excluding carboxylic acids is 1. The van der Waals surface area contributed by atoms with Gasteiger partial charge in [0.1, 0.15) is 6.04 Å². The van der Waals surface area contributed by atoms with Crippen molar-refractivity contribution >= 4 is 15.9 Å². The Hall–Kier alpha value is -1.91. The molecule has 2 N–H and O–H groups in total. The fourth-order valence-electron chi connectivity index (χ4n) is 2.31. The van der Waals surface area contributed by atoms with Crippen LogP contribution in [0, 0.1) is 11.3 Å². The molecule has 1 aromatic rings. The van der Waals surface area contributed by atoms with E-state index in [0.29, 0.717) is 18.4 Å². The van der Waals surface area contributed by atoms with Crippen molar-refractivity contribution < 1.29 is 13.2 Å². The van der Waals surface area contributed by atoms with Gasteiger partial charge in [0.2, 0.25) is 15.9 Å². The zero-order valence-electron chi connectivity index (χ0n) is 10.8. The number of piperidine rings is 1. The van der Waals surface area contributed by atoms with Crippen molar-refractivity contribution in [1.29, 1.82) is 5.26 Å². The third kappa shape index (κ3) is 2.66. The summed E-state index contributed by atoms with van der Waals surface area (Å²) in [6.45, 7) is 0.288. The lowest BCUT2D eigenvalue weighted by Gasteiger charge is -2.32. The van der Waals surface area contributed by atoms with Crippen LogP contribution in [0.3, 0.4) is 0 Å². The lowest BCUT2D eigenvalue weighted by Crippen LogP contribution is -2.50. The van der Waals surface area contributed by atoms with E-state index in [1.54, 1.807) is 0 Å². The van der Waals surface area contributed by atoms with Gasteiger partial charge >= 0.3 is 0 Å². The van der Waals surface area contributed by atoms with Gasteiger partial charge in [-0.3, -0.25) is 4.79 Å². The molecule has 1 aliphatic heterocycles. The minimum absolute atomic E-state index is 0.0737. The number of hydrogen-bond donors (Lipinski definition) is 1. The van der Waals surface area contributed by atoms with Gasteiger partial charge in [0.15, 0.2) is 0 Å². The van der Waals surface area contributed by atoms with Gasteiger partial charge in [-0.25, -0.2) is 8.42 Å². The fourth-order valence-corrected chi connectivity index (χ4v) is 3.98. The molecule has 106 valence electrons. The van der Waals surface area contributed by atoms with E-state index in [4.69, 9.17) is 11.0 Å². The minimum Gasteiger partial charge on any atom is -0.368 e. The van der Waals surface area contributed by atoms with Crippen LogP contribution < -0.4 is 5.73 Å². The average Bonchev–Trinajstić information content (AvgIpc) is 2.47. The maximum Gasteiger partial charge on any atom is 0.243 e. The second-order valence-electron chi connectivity index (χ2n) is 4.67. The van der Waals surface area contributed by atoms with Crippen molar-refractivity contribution in [3.8, 4) is 6.07 Å². The van der Waals surface area contributed by atoms with Crippen molar-refractivity contribution in [3.63, 3.8) is 0 Å². The third-order valence-corrected chi connectivity index (χ3v) is 5.29. The molecule has 0 spiro atoms. The molecular formula is C13H15N3O3S. The summed E-state index contributed by atoms with van der Waals surface area (Å²) in [5.41, 5.74) is 5.67. The van der Waals surface area contributed by atoms with Crippen LogP contribution in [0.5, 0.6) is 0 Å². The van der Waals surface area contributed by atoms with E-state index in [-0.39, 0.29) is 11.4 Å². The first-order chi connectivity index (χ1) is 9.46. The second-order valence-corrected chi connectivity index (χ2v) is 6.56. The van der Waals surface area contributed by atoms with Crippen molar-refractivity contribution in [1.82, 2.24) is 4.31 Å². The summed E-state index contributed by atoms with van der Waals surface area (Å²) in [7, 11) is -3.76. The van der Waals surface area contributed by atoms with E-state index < -0.39 is 22.0 Å². The Morgan fingerprint density at radius 3 is 2.50 bits per heavy atom. The van der Waals surface area contributed by atoms with Gasteiger partial charge in [-0.2, -0.15) is 9.57 Å². The number of nitrogens with two attached hydrogens (primary N) is 1. The monoisotopic (exact) mass is 293 g/mol. The Labute approximate surface area is 117 Å². The molecule has 1 saturated heterocycles. The highest BCUT2D eigenvalue weighted by Gasteiger charge is 2.36. The Morgan fingerprint density at radius 1 is 1.30 bits per heavy atom. The van der Waals surface area contributed by atoms with Gasteiger partial charge in [-0.05, 0) is 37.1 Å². The molecule has 0 radical (unpaired) electrons. The second kappa shape index (κ2) is 5.61. The summed E-state index contributed by atoms with van der Waals surface area (Å²) in [5.74, 6) is -0.623. The molecule has 1 atom stereocenters. The van der Waals surface area contributed by atoms with Crippen LogP contribution >= 0.6 is 0 Å². The van der Waals surface area contributed by atoms with E-state index in [2.05, 4.69) is 0 Å². The number of primary amides is 1. The first kappa shape index (κ1) is 14.5. The third-order valence-electron chi connectivity index (χ3n) is 3.37. The number of sulfonamides is 1. The lowest BCUT2D eigenvalue weighted by atomic mass is 10.0. The molecule has 1 heterocycles. The molecule has 0 aromatic heterocycles. The lowest BCUT2D eigenvalue weighted by molar-refractivity contribution is -0.122. The van der Waals surface area contributed by atoms with Crippen LogP contribution in [-0.4, -0.2) is 31.2 Å². The first-order valence-electron chi connectivity index (χ1n) is 6.28. The van der Waals surface area contributed by atoms with Crippen LogP contribution in [0.25, 0.3) is 0 Å². The van der Waals surface area contributed by atoms with Gasteiger partial charge in [0.05, 0.1) is 16.5 Å². The normalized spacial score (nSPS) is 20.2. The van der Waals surface area contributed by atoms with Crippen LogP contribution in [0.1, 0.15) is 24.8 Å². The smallest absolute Gasteiger partial charge is 0.243 e. The van der Waals surface area contributed by atoms with Gasteiger partial charge in [-0.1, -0.05) is 6.42 Å². The standard InChI is InChI=1S/C13H15N3O3S/c14-9-10-4-6-11(7-5-10)20(18,19)16-8-2-1-3-12(16)13(15)17/h4-7,12H,1-3,8H2,(H2,15,17). The molecule has 0 aliphatic carbocycles. The van der Waals surface area contributed by atoms with Crippen LogP contribution in [0.15, 0.2) is 29.2 Å². The summed E-state index contributed by atoms with van der Waals surface area (Å²) in [4.78, 5) is 11.5. The number of benzene rings is 1. The molecule has 0 bridgehead atoms. The number of rotatable bonds is 3. The van der Waals surface area contributed by atoms with E-state index in [1.165, 1.54) is 28.6 Å². The van der Waals surface area contributed by atoms with Crippen LogP contribution in [-0.2, 0) is 14.8 Å². The Balaban J connectivity index is 2.37. The molecule has 1 unspecified atom stereocenters. The molecule has 20 heavy (non-hydrogen) atoms. The molecular weight excluding hydrogens is 278 g/mol. The van der Waals surface area contributed by atoms with E-state index in [1.807, 2.05) is 6.07 Å². The Morgan fingerprint density at radius 2 is 1.95 bits per heavy atom. The summed E-state index contributed by atoms with van der Waals surface area (Å²) >= 11 is 0. The van der Waals surface area contributed by atoms with Crippen LogP contribution in [0.2, 0.25) is 0 Å². The van der Waals surface area contributed by atoms with Gasteiger partial charge in [-0.15, -0.1) is 0 Å². The number of nitrogens with zero attached hydrogens (tertiary/aromatic N) is 2. The highest BCUT2D eigenvalue weighted by Crippen LogP contribution is 2.25. The Bertz CT molecular complexity index is 646. The Kier molecular flexibility index (Phi) is 4.06. The van der Waals surface area contributed by atoms with Crippen molar-refractivity contribution in [2.24, 2.45) is 5.73 Å².